The molecule has 4 nitrogen and oxygen atoms in total. The van der Waals surface area contributed by atoms with Crippen molar-refractivity contribution in [3.63, 3.8) is 0 Å². The number of nitrogens with two attached hydrogens (primary N) is 1. The van der Waals surface area contributed by atoms with Gasteiger partial charge in [0.25, 0.3) is 5.91 Å². The van der Waals surface area contributed by atoms with Crippen LogP contribution in [0.4, 0.5) is 0 Å². The number of Topliss-reactive ketones (excluding diaryl/α,β-unsaturated/α-hetero) is 1. The zero-order valence-corrected chi connectivity index (χ0v) is 7.62. The second kappa shape index (κ2) is 3.21. The van der Waals surface area contributed by atoms with Crippen molar-refractivity contribution < 1.29 is 9.59 Å². The van der Waals surface area contributed by atoms with Crippen molar-refractivity contribution in [3.8, 4) is 0 Å². The minimum absolute atomic E-state index is 0.173. The molecular weight excluding hydrogens is 180 g/mol. The predicted molar refractivity (Wildman–Crippen MR) is 49.8 cm³/mol. The summed E-state index contributed by atoms with van der Waals surface area (Å²) in [7, 11) is 0. The van der Waals surface area contributed by atoms with Crippen molar-refractivity contribution in [2.24, 2.45) is 5.73 Å². The van der Waals surface area contributed by atoms with Gasteiger partial charge in [-0.2, -0.15) is 0 Å². The molecule has 1 aliphatic rings. The van der Waals surface area contributed by atoms with Crippen molar-refractivity contribution in [3.05, 3.63) is 29.1 Å². The number of ketones is 1. The van der Waals surface area contributed by atoms with E-state index in [9.17, 15) is 9.59 Å². The van der Waals surface area contributed by atoms with E-state index in [1.165, 1.54) is 0 Å². The number of nitrogens with zero attached hydrogens (tertiary/aromatic N) is 1. The minimum Gasteiger partial charge on any atom is -0.364 e. The van der Waals surface area contributed by atoms with Gasteiger partial charge in [0, 0.05) is 12.8 Å². The largest absolute Gasteiger partial charge is 0.364 e. The van der Waals surface area contributed by atoms with E-state index in [4.69, 9.17) is 5.73 Å². The van der Waals surface area contributed by atoms with Gasteiger partial charge in [-0.15, -0.1) is 0 Å². The number of rotatable bonds is 1. The topological polar surface area (TPSA) is 73.1 Å². The Balaban J connectivity index is 2.42. The Kier molecular flexibility index (Phi) is 2.04. The predicted octanol–water partition coefficient (Wildman–Crippen LogP) is 0.238. The van der Waals surface area contributed by atoms with Crippen LogP contribution in [0.2, 0.25) is 0 Å². The van der Waals surface area contributed by atoms with E-state index in [-0.39, 0.29) is 11.5 Å². The first-order valence-electron chi connectivity index (χ1n) is 4.47. The summed E-state index contributed by atoms with van der Waals surface area (Å²) in [6, 6.07) is 3.44. The van der Waals surface area contributed by atoms with E-state index in [2.05, 4.69) is 4.98 Å². The molecule has 4 heteroatoms. The smallest absolute Gasteiger partial charge is 0.267 e. The zero-order valence-electron chi connectivity index (χ0n) is 7.62. The third kappa shape index (κ3) is 1.51. The molecule has 1 aromatic rings. The van der Waals surface area contributed by atoms with Gasteiger partial charge in [-0.3, -0.25) is 9.59 Å². The quantitative estimate of drug-likeness (QED) is 0.689. The molecule has 1 amide bonds. The van der Waals surface area contributed by atoms with Gasteiger partial charge in [0.15, 0.2) is 0 Å². The van der Waals surface area contributed by atoms with E-state index >= 15 is 0 Å². The third-order valence-corrected chi connectivity index (χ3v) is 2.36. The highest BCUT2D eigenvalue weighted by molar-refractivity contribution is 5.91. The van der Waals surface area contributed by atoms with E-state index in [0.717, 1.165) is 12.0 Å². The van der Waals surface area contributed by atoms with E-state index in [1.807, 2.05) is 6.07 Å². The summed E-state index contributed by atoms with van der Waals surface area (Å²) < 4.78 is 0. The summed E-state index contributed by atoms with van der Waals surface area (Å²) in [4.78, 5) is 26.1. The maximum Gasteiger partial charge on any atom is 0.267 e. The van der Waals surface area contributed by atoms with Crippen LogP contribution in [-0.4, -0.2) is 16.7 Å². The molecule has 72 valence electrons. The summed E-state index contributed by atoms with van der Waals surface area (Å²) in [5, 5.41) is 0. The van der Waals surface area contributed by atoms with Crippen molar-refractivity contribution in [2.75, 3.05) is 0 Å². The van der Waals surface area contributed by atoms with Crippen LogP contribution in [0.3, 0.4) is 0 Å². The van der Waals surface area contributed by atoms with Crippen LogP contribution in [-0.2, 0) is 17.6 Å². The molecule has 0 saturated heterocycles. The molecule has 0 aliphatic heterocycles. The average molecular weight is 190 g/mol. The molecule has 0 atom stereocenters. The van der Waals surface area contributed by atoms with Gasteiger partial charge in [0.2, 0.25) is 0 Å². The highest BCUT2D eigenvalue weighted by Gasteiger charge is 2.17. The molecule has 0 unspecified atom stereocenters. The third-order valence-electron chi connectivity index (χ3n) is 2.36. The Labute approximate surface area is 81.1 Å². The number of hydrogen-bond donors (Lipinski definition) is 1. The highest BCUT2D eigenvalue weighted by atomic mass is 16.1. The second-order valence-corrected chi connectivity index (χ2v) is 3.38. The SMILES string of the molecule is NC(=O)c1ccc2c(n1)CC(=O)CC2. The molecule has 1 aromatic heterocycles. The van der Waals surface area contributed by atoms with Gasteiger partial charge < -0.3 is 5.73 Å². The first-order valence-corrected chi connectivity index (χ1v) is 4.47. The Morgan fingerprint density at radius 3 is 2.86 bits per heavy atom. The molecule has 0 spiro atoms. The van der Waals surface area contributed by atoms with Gasteiger partial charge in [-0.1, -0.05) is 6.07 Å². The van der Waals surface area contributed by atoms with Gasteiger partial charge in [-0.05, 0) is 18.1 Å². The van der Waals surface area contributed by atoms with Crippen LogP contribution in [0.1, 0.15) is 28.2 Å². The Morgan fingerprint density at radius 2 is 2.14 bits per heavy atom. The molecule has 14 heavy (non-hydrogen) atoms. The number of carbonyl (C=O) groups is 2. The Morgan fingerprint density at radius 1 is 1.36 bits per heavy atom. The monoisotopic (exact) mass is 190 g/mol. The molecule has 0 saturated carbocycles. The normalized spacial score (nSPS) is 15.0. The van der Waals surface area contributed by atoms with Crippen molar-refractivity contribution in [2.45, 2.75) is 19.3 Å². The van der Waals surface area contributed by atoms with Crippen LogP contribution >= 0.6 is 0 Å². The van der Waals surface area contributed by atoms with E-state index in [1.54, 1.807) is 6.07 Å². The molecule has 0 aromatic carbocycles. The molecule has 2 N–H and O–H groups in total. The van der Waals surface area contributed by atoms with Gasteiger partial charge in [0.1, 0.15) is 11.5 Å². The summed E-state index contributed by atoms with van der Waals surface area (Å²) >= 11 is 0. The lowest BCUT2D eigenvalue weighted by molar-refractivity contribution is -0.118. The summed E-state index contributed by atoms with van der Waals surface area (Å²) in [6.07, 6.45) is 1.63. The van der Waals surface area contributed by atoms with Crippen molar-refractivity contribution in [1.29, 1.82) is 0 Å². The van der Waals surface area contributed by atoms with E-state index < -0.39 is 5.91 Å². The number of aromatic nitrogens is 1. The Hall–Kier alpha value is -1.71. The summed E-state index contributed by atoms with van der Waals surface area (Å²) in [5.74, 6) is -0.377. The molecule has 0 bridgehead atoms. The Bertz CT molecular complexity index is 413. The average Bonchev–Trinajstić information content (AvgIpc) is 2.16. The maximum absolute atomic E-state index is 11.2. The highest BCUT2D eigenvalue weighted by Crippen LogP contribution is 2.17. The number of amides is 1. The van der Waals surface area contributed by atoms with Crippen LogP contribution in [0.25, 0.3) is 0 Å². The number of primary amides is 1. The first kappa shape index (κ1) is 8.87. The fourth-order valence-electron chi connectivity index (χ4n) is 1.60. The van der Waals surface area contributed by atoms with Gasteiger partial charge in [-0.25, -0.2) is 4.98 Å². The van der Waals surface area contributed by atoms with Crippen LogP contribution < -0.4 is 5.73 Å². The minimum atomic E-state index is -0.550. The number of hydrogen-bond acceptors (Lipinski definition) is 3. The zero-order chi connectivity index (χ0) is 10.1. The molecule has 0 radical (unpaired) electrons. The first-order chi connectivity index (χ1) is 6.66. The number of aryl methyl sites for hydroxylation is 1. The molecule has 2 rings (SSSR count). The van der Waals surface area contributed by atoms with Crippen molar-refractivity contribution >= 4 is 11.7 Å². The molecule has 1 heterocycles. The van der Waals surface area contributed by atoms with Crippen LogP contribution in [0.5, 0.6) is 0 Å². The fourth-order valence-corrected chi connectivity index (χ4v) is 1.60. The second-order valence-electron chi connectivity index (χ2n) is 3.38. The van der Waals surface area contributed by atoms with Crippen LogP contribution in [0.15, 0.2) is 12.1 Å². The van der Waals surface area contributed by atoms with Crippen LogP contribution in [0, 0.1) is 0 Å². The molecular formula is C10H10N2O2. The lowest BCUT2D eigenvalue weighted by Gasteiger charge is -2.13. The lowest BCUT2D eigenvalue weighted by Crippen LogP contribution is -2.19. The standard InChI is InChI=1S/C10H10N2O2/c11-10(14)8-4-2-6-1-3-7(13)5-9(6)12-8/h2,4H,1,3,5H2,(H2,11,14). The maximum atomic E-state index is 11.2. The number of carbonyl (C=O) groups excluding carboxylic acids is 2. The van der Waals surface area contributed by atoms with Gasteiger partial charge in [0.05, 0.1) is 5.69 Å². The summed E-state index contributed by atoms with van der Waals surface area (Å²) in [5.41, 5.74) is 7.09. The molecule has 1 aliphatic carbocycles. The number of pyridine rings is 1. The number of fused-ring (bicyclic) bond motifs is 1. The van der Waals surface area contributed by atoms with Gasteiger partial charge >= 0.3 is 0 Å². The fraction of sp³-hybridized carbons (Fsp3) is 0.300. The van der Waals surface area contributed by atoms with E-state index in [0.29, 0.717) is 18.5 Å². The lowest BCUT2D eigenvalue weighted by atomic mass is 9.95. The summed E-state index contributed by atoms with van der Waals surface area (Å²) in [6.45, 7) is 0. The molecule has 0 fully saturated rings. The van der Waals surface area contributed by atoms with Crippen molar-refractivity contribution in [1.82, 2.24) is 4.98 Å².